The second-order valence-electron chi connectivity index (χ2n) is 4.27. The molecule has 1 aromatic carbocycles. The lowest BCUT2D eigenvalue weighted by Gasteiger charge is -2.05. The molecule has 2 rings (SSSR count). The topological polar surface area (TPSA) is 68.4 Å². The molecule has 96 valence electrons. The Kier molecular flexibility index (Phi) is 3.62. The van der Waals surface area contributed by atoms with Gasteiger partial charge in [0.15, 0.2) is 0 Å². The van der Waals surface area contributed by atoms with Crippen LogP contribution in [0.15, 0.2) is 22.7 Å². The highest BCUT2D eigenvalue weighted by Gasteiger charge is 2.14. The second-order valence-corrected chi connectivity index (χ2v) is 4.27. The molecule has 1 atom stereocenters. The first-order valence-electron chi connectivity index (χ1n) is 5.76. The molecule has 0 spiro atoms. The lowest BCUT2D eigenvalue weighted by molar-refractivity contribution is 0.181. The van der Waals surface area contributed by atoms with Crippen LogP contribution in [0.5, 0.6) is 5.75 Å². The first-order chi connectivity index (χ1) is 8.60. The summed E-state index contributed by atoms with van der Waals surface area (Å²) in [7, 11) is 1.61. The number of aliphatic hydroxyl groups is 1. The first kappa shape index (κ1) is 12.6. The highest BCUT2D eigenvalue weighted by Crippen LogP contribution is 2.28. The molecule has 1 aromatic heterocycles. The summed E-state index contributed by atoms with van der Waals surface area (Å²) in [5.41, 5.74) is 1.88. The van der Waals surface area contributed by atoms with Crippen LogP contribution in [0, 0.1) is 6.92 Å². The van der Waals surface area contributed by atoms with Gasteiger partial charge in [0.2, 0.25) is 11.7 Å². The molecule has 0 aliphatic rings. The van der Waals surface area contributed by atoms with E-state index in [1.165, 1.54) is 0 Å². The van der Waals surface area contributed by atoms with Gasteiger partial charge in [0.25, 0.3) is 0 Å². The fourth-order valence-corrected chi connectivity index (χ4v) is 1.68. The van der Waals surface area contributed by atoms with Crippen molar-refractivity contribution in [2.24, 2.45) is 0 Å². The van der Waals surface area contributed by atoms with Gasteiger partial charge in [0.1, 0.15) is 5.75 Å². The van der Waals surface area contributed by atoms with Crippen molar-refractivity contribution in [3.63, 3.8) is 0 Å². The molecule has 18 heavy (non-hydrogen) atoms. The van der Waals surface area contributed by atoms with Crippen LogP contribution < -0.4 is 4.74 Å². The molecule has 0 radical (unpaired) electrons. The molecular formula is C13H16N2O3. The Labute approximate surface area is 105 Å². The Balaban J connectivity index is 2.33. The van der Waals surface area contributed by atoms with Crippen molar-refractivity contribution >= 4 is 0 Å². The summed E-state index contributed by atoms with van der Waals surface area (Å²) in [5.74, 6) is 1.60. The van der Waals surface area contributed by atoms with Crippen LogP contribution in [0.3, 0.4) is 0 Å². The predicted molar refractivity (Wildman–Crippen MR) is 66.4 cm³/mol. The van der Waals surface area contributed by atoms with Crippen LogP contribution >= 0.6 is 0 Å². The largest absolute Gasteiger partial charge is 0.496 e. The number of aromatic nitrogens is 2. The number of rotatable bonds is 4. The van der Waals surface area contributed by atoms with Crippen molar-refractivity contribution in [2.45, 2.75) is 26.4 Å². The lowest BCUT2D eigenvalue weighted by atomic mass is 10.1. The zero-order valence-corrected chi connectivity index (χ0v) is 10.7. The number of aliphatic hydroxyl groups excluding tert-OH is 1. The summed E-state index contributed by atoms with van der Waals surface area (Å²) in [4.78, 5) is 4.24. The van der Waals surface area contributed by atoms with E-state index < -0.39 is 6.10 Å². The fourth-order valence-electron chi connectivity index (χ4n) is 1.68. The smallest absolute Gasteiger partial charge is 0.229 e. The van der Waals surface area contributed by atoms with Crippen molar-refractivity contribution in [3.05, 3.63) is 29.7 Å². The third kappa shape index (κ3) is 2.68. The Hall–Kier alpha value is -1.88. The minimum absolute atomic E-state index is 0.348. The maximum Gasteiger partial charge on any atom is 0.229 e. The van der Waals surface area contributed by atoms with Crippen LogP contribution in [-0.4, -0.2) is 28.5 Å². The summed E-state index contributed by atoms with van der Waals surface area (Å²) < 4.78 is 10.4. The molecule has 0 saturated heterocycles. The van der Waals surface area contributed by atoms with E-state index >= 15 is 0 Å². The van der Waals surface area contributed by atoms with E-state index in [1.807, 2.05) is 25.1 Å². The zero-order valence-electron chi connectivity index (χ0n) is 10.7. The average Bonchev–Trinajstić information content (AvgIpc) is 2.76. The van der Waals surface area contributed by atoms with E-state index in [-0.39, 0.29) is 0 Å². The fraction of sp³-hybridized carbons (Fsp3) is 0.385. The van der Waals surface area contributed by atoms with E-state index in [9.17, 15) is 5.11 Å². The van der Waals surface area contributed by atoms with Crippen molar-refractivity contribution in [2.75, 3.05) is 7.11 Å². The van der Waals surface area contributed by atoms with Crippen molar-refractivity contribution in [1.29, 1.82) is 0 Å². The van der Waals surface area contributed by atoms with Gasteiger partial charge in [-0.1, -0.05) is 11.2 Å². The molecule has 5 heteroatoms. The van der Waals surface area contributed by atoms with Crippen LogP contribution in [-0.2, 0) is 6.42 Å². The maximum atomic E-state index is 9.27. The zero-order chi connectivity index (χ0) is 13.1. The third-order valence-corrected chi connectivity index (χ3v) is 2.54. The average molecular weight is 248 g/mol. The number of benzene rings is 1. The van der Waals surface area contributed by atoms with E-state index in [0.29, 0.717) is 23.9 Å². The summed E-state index contributed by atoms with van der Waals surface area (Å²) in [5, 5.41) is 13.2. The van der Waals surface area contributed by atoms with Crippen LogP contribution in [0.4, 0.5) is 0 Å². The number of ether oxygens (including phenoxy) is 1. The molecule has 0 bridgehead atoms. The van der Waals surface area contributed by atoms with Crippen molar-refractivity contribution < 1.29 is 14.4 Å². The molecule has 5 nitrogen and oxygen atoms in total. The first-order valence-corrected chi connectivity index (χ1v) is 5.76. The highest BCUT2D eigenvalue weighted by molar-refractivity contribution is 5.64. The predicted octanol–water partition coefficient (Wildman–Crippen LogP) is 1.98. The molecule has 0 aliphatic heterocycles. The highest BCUT2D eigenvalue weighted by atomic mass is 16.5. The van der Waals surface area contributed by atoms with Gasteiger partial charge < -0.3 is 14.4 Å². The molecule has 0 fully saturated rings. The SMILES string of the molecule is COc1cc(C)ccc1-c1noc(CC(C)O)n1. The van der Waals surface area contributed by atoms with E-state index in [2.05, 4.69) is 10.1 Å². The molecule has 1 heterocycles. The number of methoxy groups -OCH3 is 1. The van der Waals surface area contributed by atoms with Gasteiger partial charge in [0.05, 0.1) is 25.2 Å². The number of nitrogens with zero attached hydrogens (tertiary/aromatic N) is 2. The van der Waals surface area contributed by atoms with Crippen molar-refractivity contribution in [3.8, 4) is 17.1 Å². The van der Waals surface area contributed by atoms with Gasteiger partial charge in [-0.25, -0.2) is 0 Å². The maximum absolute atomic E-state index is 9.27. The lowest BCUT2D eigenvalue weighted by Crippen LogP contribution is -2.04. The van der Waals surface area contributed by atoms with Gasteiger partial charge in [-0.2, -0.15) is 4.98 Å². The summed E-state index contributed by atoms with van der Waals surface area (Å²) >= 11 is 0. The van der Waals surface area contributed by atoms with Crippen LogP contribution in [0.1, 0.15) is 18.4 Å². The molecule has 2 aromatic rings. The minimum atomic E-state index is -0.502. The molecular weight excluding hydrogens is 232 g/mol. The Morgan fingerprint density at radius 3 is 2.89 bits per heavy atom. The van der Waals surface area contributed by atoms with E-state index in [0.717, 1.165) is 11.1 Å². The standard InChI is InChI=1S/C13H16N2O3/c1-8-4-5-10(11(6-8)17-3)13-14-12(18-15-13)7-9(2)16/h4-6,9,16H,7H2,1-3H3. The van der Waals surface area contributed by atoms with Crippen LogP contribution in [0.2, 0.25) is 0 Å². The number of hydrogen-bond donors (Lipinski definition) is 1. The molecule has 0 aliphatic carbocycles. The minimum Gasteiger partial charge on any atom is -0.496 e. The van der Waals surface area contributed by atoms with Gasteiger partial charge in [-0.15, -0.1) is 0 Å². The molecule has 1 unspecified atom stereocenters. The van der Waals surface area contributed by atoms with E-state index in [1.54, 1.807) is 14.0 Å². The second kappa shape index (κ2) is 5.18. The Morgan fingerprint density at radius 1 is 1.44 bits per heavy atom. The number of hydrogen-bond acceptors (Lipinski definition) is 5. The quantitative estimate of drug-likeness (QED) is 0.896. The Bertz CT molecular complexity index is 535. The normalized spacial score (nSPS) is 12.4. The van der Waals surface area contributed by atoms with Crippen molar-refractivity contribution in [1.82, 2.24) is 10.1 Å². The third-order valence-electron chi connectivity index (χ3n) is 2.54. The summed E-state index contributed by atoms with van der Waals surface area (Å²) in [6, 6.07) is 5.77. The summed E-state index contributed by atoms with van der Waals surface area (Å²) in [6.45, 7) is 3.66. The van der Waals surface area contributed by atoms with Gasteiger partial charge >= 0.3 is 0 Å². The Morgan fingerprint density at radius 2 is 2.22 bits per heavy atom. The summed E-state index contributed by atoms with van der Waals surface area (Å²) in [6.07, 6.45) is -0.153. The number of aryl methyl sites for hydroxylation is 1. The van der Waals surface area contributed by atoms with E-state index in [4.69, 9.17) is 9.26 Å². The molecule has 1 N–H and O–H groups in total. The van der Waals surface area contributed by atoms with Crippen LogP contribution in [0.25, 0.3) is 11.4 Å². The molecule has 0 amide bonds. The molecule has 0 saturated carbocycles. The monoisotopic (exact) mass is 248 g/mol. The van der Waals surface area contributed by atoms with Gasteiger partial charge in [0, 0.05) is 0 Å². The van der Waals surface area contributed by atoms with Gasteiger partial charge in [-0.3, -0.25) is 0 Å². The van der Waals surface area contributed by atoms with Gasteiger partial charge in [-0.05, 0) is 31.5 Å².